The summed E-state index contributed by atoms with van der Waals surface area (Å²) in [7, 11) is 0. The molecule has 1 fully saturated rings. The number of aliphatic hydroxyl groups is 5. The molecule has 0 aromatic carbocycles. The van der Waals surface area contributed by atoms with Crippen LogP contribution in [0.1, 0.15) is 0 Å². The van der Waals surface area contributed by atoms with Gasteiger partial charge < -0.3 is 30.8 Å². The molecule has 0 saturated carbocycles. The quantitative estimate of drug-likeness (QED) is 0.292. The minimum Gasteiger partial charge on any atom is -0.394 e. The number of hydrogen-bond acceptors (Lipinski definition) is 6. The standard InChI is InChI=1S/C8H17NO5S/c10-3-4(11)5(12)6(13)7(14)8-9-1-2-15-8/h4-14H,1-3H2/p+1/t4-,5-,6-,7-,8+/m1/s1. The van der Waals surface area contributed by atoms with Crippen molar-refractivity contribution in [3.8, 4) is 0 Å². The molecule has 0 spiro atoms. The van der Waals surface area contributed by atoms with Crippen LogP contribution in [-0.2, 0) is 0 Å². The second kappa shape index (κ2) is 6.00. The largest absolute Gasteiger partial charge is 0.394 e. The molecule has 5 atom stereocenters. The predicted molar refractivity (Wildman–Crippen MR) is 54.2 cm³/mol. The summed E-state index contributed by atoms with van der Waals surface area (Å²) < 4.78 is 0. The second-order valence-electron chi connectivity index (χ2n) is 3.58. The molecule has 0 aromatic heterocycles. The van der Waals surface area contributed by atoms with Crippen LogP contribution >= 0.6 is 11.8 Å². The van der Waals surface area contributed by atoms with Gasteiger partial charge in [0, 0.05) is 5.75 Å². The van der Waals surface area contributed by atoms with Crippen LogP contribution < -0.4 is 5.32 Å². The minimum absolute atomic E-state index is 0.222. The van der Waals surface area contributed by atoms with E-state index in [4.69, 9.17) is 10.2 Å². The van der Waals surface area contributed by atoms with Gasteiger partial charge in [0.15, 0.2) is 5.37 Å². The van der Waals surface area contributed by atoms with E-state index in [-0.39, 0.29) is 5.37 Å². The Morgan fingerprint density at radius 3 is 2.33 bits per heavy atom. The van der Waals surface area contributed by atoms with E-state index in [9.17, 15) is 15.3 Å². The van der Waals surface area contributed by atoms with Crippen LogP contribution in [0.4, 0.5) is 0 Å². The Hall–Kier alpha value is 0.110. The molecule has 6 nitrogen and oxygen atoms in total. The van der Waals surface area contributed by atoms with Crippen LogP contribution in [0.2, 0.25) is 0 Å². The molecular formula is C8H18NO5S+. The molecule has 90 valence electrons. The Labute approximate surface area is 91.9 Å². The van der Waals surface area contributed by atoms with Gasteiger partial charge in [-0.2, -0.15) is 0 Å². The molecule has 0 bridgehead atoms. The smallest absolute Gasteiger partial charge is 0.162 e. The van der Waals surface area contributed by atoms with Gasteiger partial charge in [-0.3, -0.25) is 0 Å². The Balaban J connectivity index is 2.46. The highest BCUT2D eigenvalue weighted by molar-refractivity contribution is 7.99. The van der Waals surface area contributed by atoms with Gasteiger partial charge in [-0.15, -0.1) is 0 Å². The summed E-state index contributed by atoms with van der Waals surface area (Å²) >= 11 is 1.49. The molecular weight excluding hydrogens is 222 g/mol. The molecule has 1 aliphatic heterocycles. The molecule has 1 heterocycles. The maximum absolute atomic E-state index is 9.68. The van der Waals surface area contributed by atoms with Crippen LogP contribution in [0.5, 0.6) is 0 Å². The van der Waals surface area contributed by atoms with Crippen molar-refractivity contribution in [1.29, 1.82) is 0 Å². The van der Waals surface area contributed by atoms with Gasteiger partial charge in [0.05, 0.1) is 13.2 Å². The first-order valence-corrected chi connectivity index (χ1v) is 5.91. The summed E-state index contributed by atoms with van der Waals surface area (Å²) in [5.41, 5.74) is 0. The zero-order chi connectivity index (χ0) is 11.4. The van der Waals surface area contributed by atoms with Crippen molar-refractivity contribution >= 4 is 11.8 Å². The Bertz CT molecular complexity index is 190. The third-order valence-electron chi connectivity index (χ3n) is 2.44. The first kappa shape index (κ1) is 13.2. The summed E-state index contributed by atoms with van der Waals surface area (Å²) in [6.45, 7) is 0.213. The number of thioether (sulfide) groups is 1. The van der Waals surface area contributed by atoms with Gasteiger partial charge in [-0.25, -0.2) is 0 Å². The molecule has 1 aliphatic rings. The lowest BCUT2D eigenvalue weighted by Crippen LogP contribution is -2.89. The summed E-state index contributed by atoms with van der Waals surface area (Å²) in [5, 5.41) is 47.9. The third kappa shape index (κ3) is 3.28. The number of aliphatic hydroxyl groups excluding tert-OH is 5. The maximum Gasteiger partial charge on any atom is 0.162 e. The minimum atomic E-state index is -1.53. The highest BCUT2D eigenvalue weighted by Crippen LogP contribution is 2.16. The monoisotopic (exact) mass is 240 g/mol. The van der Waals surface area contributed by atoms with Crippen molar-refractivity contribution in [2.45, 2.75) is 29.8 Å². The SMILES string of the molecule is OC[C@@H](O)[C@@H](O)[C@@H](O)[C@@H](O)[C@H]1[NH2+]CCS1. The molecule has 0 amide bonds. The van der Waals surface area contributed by atoms with Crippen LogP contribution in [-0.4, -0.2) is 74.2 Å². The van der Waals surface area contributed by atoms with Crippen LogP contribution in [0, 0.1) is 0 Å². The molecule has 15 heavy (non-hydrogen) atoms. The number of quaternary nitrogens is 1. The van der Waals surface area contributed by atoms with E-state index in [0.29, 0.717) is 0 Å². The van der Waals surface area contributed by atoms with Gasteiger partial charge in [-0.1, -0.05) is 11.8 Å². The Morgan fingerprint density at radius 2 is 1.87 bits per heavy atom. The van der Waals surface area contributed by atoms with Crippen LogP contribution in [0.15, 0.2) is 0 Å². The Morgan fingerprint density at radius 1 is 1.20 bits per heavy atom. The lowest BCUT2D eigenvalue weighted by atomic mass is 10.0. The van der Waals surface area contributed by atoms with Gasteiger partial charge in [-0.05, 0) is 0 Å². The molecule has 0 radical (unpaired) electrons. The van der Waals surface area contributed by atoms with Crippen molar-refractivity contribution in [3.63, 3.8) is 0 Å². The van der Waals surface area contributed by atoms with Gasteiger partial charge >= 0.3 is 0 Å². The predicted octanol–water partition coefficient (Wildman–Crippen LogP) is -3.94. The number of nitrogens with two attached hydrogens (primary N) is 1. The molecule has 7 N–H and O–H groups in total. The van der Waals surface area contributed by atoms with Gasteiger partial charge in [0.2, 0.25) is 0 Å². The highest BCUT2D eigenvalue weighted by Gasteiger charge is 2.38. The number of hydrogen-bond donors (Lipinski definition) is 6. The molecule has 1 saturated heterocycles. The summed E-state index contributed by atoms with van der Waals surface area (Å²) in [6, 6.07) is 0. The summed E-state index contributed by atoms with van der Waals surface area (Å²) in [6.07, 6.45) is -5.52. The first-order chi connectivity index (χ1) is 7.07. The zero-order valence-electron chi connectivity index (χ0n) is 8.23. The van der Waals surface area contributed by atoms with E-state index in [2.05, 4.69) is 0 Å². The van der Waals surface area contributed by atoms with E-state index in [1.165, 1.54) is 11.8 Å². The zero-order valence-corrected chi connectivity index (χ0v) is 9.05. The average molecular weight is 240 g/mol. The van der Waals surface area contributed by atoms with Crippen molar-refractivity contribution in [2.24, 2.45) is 0 Å². The molecule has 0 aromatic rings. The Kier molecular flexibility index (Phi) is 5.27. The van der Waals surface area contributed by atoms with Crippen LogP contribution in [0.25, 0.3) is 0 Å². The lowest BCUT2D eigenvalue weighted by Gasteiger charge is -2.26. The summed E-state index contributed by atoms with van der Waals surface area (Å²) in [5.74, 6) is 0.882. The van der Waals surface area contributed by atoms with E-state index in [1.54, 1.807) is 0 Å². The molecule has 7 heteroatoms. The van der Waals surface area contributed by atoms with Crippen LogP contribution in [0.3, 0.4) is 0 Å². The fourth-order valence-electron chi connectivity index (χ4n) is 1.47. The van der Waals surface area contributed by atoms with Crippen molar-refractivity contribution in [3.05, 3.63) is 0 Å². The van der Waals surface area contributed by atoms with E-state index in [1.807, 2.05) is 5.32 Å². The second-order valence-corrected chi connectivity index (χ2v) is 4.87. The average Bonchev–Trinajstić information content (AvgIpc) is 2.78. The van der Waals surface area contributed by atoms with Crippen molar-refractivity contribution in [1.82, 2.24) is 0 Å². The van der Waals surface area contributed by atoms with Crippen molar-refractivity contribution in [2.75, 3.05) is 18.9 Å². The van der Waals surface area contributed by atoms with E-state index >= 15 is 0 Å². The molecule has 1 rings (SSSR count). The lowest BCUT2D eigenvalue weighted by molar-refractivity contribution is -0.665. The molecule has 0 aliphatic carbocycles. The summed E-state index contributed by atoms with van der Waals surface area (Å²) in [4.78, 5) is 0. The van der Waals surface area contributed by atoms with Gasteiger partial charge in [0.1, 0.15) is 24.4 Å². The number of rotatable bonds is 5. The highest BCUT2D eigenvalue weighted by atomic mass is 32.2. The van der Waals surface area contributed by atoms with Crippen molar-refractivity contribution < 1.29 is 30.8 Å². The topological polar surface area (TPSA) is 118 Å². The fraction of sp³-hybridized carbons (Fsp3) is 1.00. The molecule has 0 unspecified atom stereocenters. The third-order valence-corrected chi connectivity index (χ3v) is 3.77. The normalized spacial score (nSPS) is 29.8. The fourth-order valence-corrected chi connectivity index (χ4v) is 2.65. The maximum atomic E-state index is 9.68. The van der Waals surface area contributed by atoms with Gasteiger partial charge in [0.25, 0.3) is 0 Å². The van der Waals surface area contributed by atoms with E-state index < -0.39 is 31.0 Å². The first-order valence-electron chi connectivity index (χ1n) is 4.86. The van der Waals surface area contributed by atoms with E-state index in [0.717, 1.165) is 12.3 Å².